The first kappa shape index (κ1) is 10.8. The SMILES string of the molecule is Cc1cccnc1-c1c(C)cc(F)cc1C. The van der Waals surface area contributed by atoms with E-state index in [1.165, 1.54) is 0 Å². The summed E-state index contributed by atoms with van der Waals surface area (Å²) in [6, 6.07) is 7.03. The molecule has 0 aliphatic rings. The van der Waals surface area contributed by atoms with E-state index in [1.807, 2.05) is 32.9 Å². The van der Waals surface area contributed by atoms with Gasteiger partial charge < -0.3 is 0 Å². The molecule has 2 heteroatoms. The monoisotopic (exact) mass is 215 g/mol. The zero-order chi connectivity index (χ0) is 11.7. The van der Waals surface area contributed by atoms with Crippen molar-refractivity contribution in [1.29, 1.82) is 0 Å². The van der Waals surface area contributed by atoms with Crippen LogP contribution >= 0.6 is 0 Å². The van der Waals surface area contributed by atoms with Gasteiger partial charge in [0.15, 0.2) is 0 Å². The van der Waals surface area contributed by atoms with Crippen molar-refractivity contribution < 1.29 is 4.39 Å². The van der Waals surface area contributed by atoms with Crippen LogP contribution in [0.15, 0.2) is 30.5 Å². The number of aryl methyl sites for hydroxylation is 3. The molecule has 0 spiro atoms. The van der Waals surface area contributed by atoms with Gasteiger partial charge >= 0.3 is 0 Å². The number of rotatable bonds is 1. The molecule has 16 heavy (non-hydrogen) atoms. The van der Waals surface area contributed by atoms with Gasteiger partial charge in [-0.15, -0.1) is 0 Å². The number of nitrogens with zero attached hydrogens (tertiary/aromatic N) is 1. The fourth-order valence-electron chi connectivity index (χ4n) is 2.03. The second-order valence-electron chi connectivity index (χ2n) is 4.08. The van der Waals surface area contributed by atoms with Crippen LogP contribution in [0.1, 0.15) is 16.7 Å². The van der Waals surface area contributed by atoms with Crippen molar-refractivity contribution >= 4 is 0 Å². The maximum atomic E-state index is 13.2. The van der Waals surface area contributed by atoms with Gasteiger partial charge in [0.25, 0.3) is 0 Å². The van der Waals surface area contributed by atoms with Gasteiger partial charge in [0.1, 0.15) is 5.82 Å². The Morgan fingerprint density at radius 3 is 2.19 bits per heavy atom. The van der Waals surface area contributed by atoms with Gasteiger partial charge in [0, 0.05) is 11.8 Å². The smallest absolute Gasteiger partial charge is 0.123 e. The average molecular weight is 215 g/mol. The summed E-state index contributed by atoms with van der Waals surface area (Å²) < 4.78 is 13.2. The lowest BCUT2D eigenvalue weighted by molar-refractivity contribution is 0.625. The van der Waals surface area contributed by atoms with E-state index in [2.05, 4.69) is 4.98 Å². The molecule has 0 radical (unpaired) electrons. The van der Waals surface area contributed by atoms with Crippen LogP contribution in [0.4, 0.5) is 4.39 Å². The van der Waals surface area contributed by atoms with E-state index in [1.54, 1.807) is 18.3 Å². The van der Waals surface area contributed by atoms with Gasteiger partial charge in [0.05, 0.1) is 5.69 Å². The number of halogens is 1. The standard InChI is InChI=1S/C14H14FN/c1-9-5-4-6-16-14(9)13-10(2)7-12(15)8-11(13)3/h4-8H,1-3H3. The molecule has 0 aliphatic heterocycles. The zero-order valence-corrected chi connectivity index (χ0v) is 9.71. The normalized spacial score (nSPS) is 10.5. The van der Waals surface area contributed by atoms with Crippen LogP contribution in [0.3, 0.4) is 0 Å². The molecular weight excluding hydrogens is 201 g/mol. The number of pyridine rings is 1. The molecule has 0 bridgehead atoms. The Bertz CT molecular complexity index is 509. The van der Waals surface area contributed by atoms with E-state index < -0.39 is 0 Å². The molecular formula is C14H14FN. The summed E-state index contributed by atoms with van der Waals surface area (Å²) in [7, 11) is 0. The molecule has 0 N–H and O–H groups in total. The lowest BCUT2D eigenvalue weighted by Gasteiger charge is -2.11. The first-order valence-corrected chi connectivity index (χ1v) is 5.28. The molecule has 1 aromatic heterocycles. The summed E-state index contributed by atoms with van der Waals surface area (Å²) in [5, 5.41) is 0. The second kappa shape index (κ2) is 4.05. The van der Waals surface area contributed by atoms with Crippen LogP contribution in [-0.2, 0) is 0 Å². The summed E-state index contributed by atoms with van der Waals surface area (Å²) in [5.74, 6) is -0.188. The Balaban J connectivity index is 2.70. The predicted molar refractivity (Wildman–Crippen MR) is 63.8 cm³/mol. The lowest BCUT2D eigenvalue weighted by atomic mass is 9.97. The van der Waals surface area contributed by atoms with Crippen molar-refractivity contribution in [3.8, 4) is 11.3 Å². The van der Waals surface area contributed by atoms with Gasteiger partial charge in [0.2, 0.25) is 0 Å². The third kappa shape index (κ3) is 1.83. The molecule has 1 aromatic carbocycles. The molecule has 0 aliphatic carbocycles. The fourth-order valence-corrected chi connectivity index (χ4v) is 2.03. The Hall–Kier alpha value is -1.70. The Morgan fingerprint density at radius 1 is 1.00 bits per heavy atom. The first-order valence-electron chi connectivity index (χ1n) is 5.28. The third-order valence-corrected chi connectivity index (χ3v) is 2.74. The lowest BCUT2D eigenvalue weighted by Crippen LogP contribution is -1.94. The van der Waals surface area contributed by atoms with E-state index in [4.69, 9.17) is 0 Å². The highest BCUT2D eigenvalue weighted by molar-refractivity contribution is 5.70. The minimum atomic E-state index is -0.188. The van der Waals surface area contributed by atoms with Crippen molar-refractivity contribution in [2.24, 2.45) is 0 Å². The number of hydrogen-bond acceptors (Lipinski definition) is 1. The number of benzene rings is 1. The van der Waals surface area contributed by atoms with Crippen LogP contribution in [-0.4, -0.2) is 4.98 Å². The Labute approximate surface area is 95.0 Å². The first-order chi connectivity index (χ1) is 7.59. The van der Waals surface area contributed by atoms with Crippen molar-refractivity contribution in [2.45, 2.75) is 20.8 Å². The van der Waals surface area contributed by atoms with E-state index in [0.29, 0.717) is 0 Å². The van der Waals surface area contributed by atoms with Gasteiger partial charge in [-0.3, -0.25) is 4.98 Å². The number of aromatic nitrogens is 1. The molecule has 2 rings (SSSR count). The van der Waals surface area contributed by atoms with E-state index in [9.17, 15) is 4.39 Å². The fraction of sp³-hybridized carbons (Fsp3) is 0.214. The molecule has 1 nitrogen and oxygen atoms in total. The molecule has 0 saturated heterocycles. The van der Waals surface area contributed by atoms with Crippen molar-refractivity contribution in [1.82, 2.24) is 4.98 Å². The van der Waals surface area contributed by atoms with Crippen molar-refractivity contribution in [2.75, 3.05) is 0 Å². The minimum Gasteiger partial charge on any atom is -0.256 e. The summed E-state index contributed by atoms with van der Waals surface area (Å²) in [5.41, 5.74) is 4.95. The third-order valence-electron chi connectivity index (χ3n) is 2.74. The number of hydrogen-bond donors (Lipinski definition) is 0. The molecule has 0 unspecified atom stereocenters. The maximum absolute atomic E-state index is 13.2. The van der Waals surface area contributed by atoms with Gasteiger partial charge in [-0.05, 0) is 55.7 Å². The highest BCUT2D eigenvalue weighted by Crippen LogP contribution is 2.28. The van der Waals surface area contributed by atoms with Crippen LogP contribution in [0.25, 0.3) is 11.3 Å². The van der Waals surface area contributed by atoms with Crippen molar-refractivity contribution in [3.63, 3.8) is 0 Å². The Kier molecular flexibility index (Phi) is 2.73. The highest BCUT2D eigenvalue weighted by atomic mass is 19.1. The van der Waals surface area contributed by atoms with Gasteiger partial charge in [-0.25, -0.2) is 4.39 Å². The molecule has 2 aromatic rings. The molecule has 0 atom stereocenters. The topological polar surface area (TPSA) is 12.9 Å². The second-order valence-corrected chi connectivity index (χ2v) is 4.08. The summed E-state index contributed by atoms with van der Waals surface area (Å²) in [6.45, 7) is 5.85. The summed E-state index contributed by atoms with van der Waals surface area (Å²) in [4.78, 5) is 4.38. The predicted octanol–water partition coefficient (Wildman–Crippen LogP) is 3.81. The summed E-state index contributed by atoms with van der Waals surface area (Å²) in [6.07, 6.45) is 1.77. The quantitative estimate of drug-likeness (QED) is 0.704. The molecule has 1 heterocycles. The van der Waals surface area contributed by atoms with Crippen molar-refractivity contribution in [3.05, 3.63) is 53.0 Å². The Morgan fingerprint density at radius 2 is 1.62 bits per heavy atom. The maximum Gasteiger partial charge on any atom is 0.123 e. The van der Waals surface area contributed by atoms with Crippen LogP contribution in [0.2, 0.25) is 0 Å². The molecule has 0 amide bonds. The van der Waals surface area contributed by atoms with E-state index >= 15 is 0 Å². The van der Waals surface area contributed by atoms with Crippen LogP contribution in [0.5, 0.6) is 0 Å². The van der Waals surface area contributed by atoms with E-state index in [0.717, 1.165) is 27.9 Å². The highest BCUT2D eigenvalue weighted by Gasteiger charge is 2.10. The van der Waals surface area contributed by atoms with Crippen LogP contribution in [0, 0.1) is 26.6 Å². The minimum absolute atomic E-state index is 0.188. The zero-order valence-electron chi connectivity index (χ0n) is 9.71. The molecule has 0 saturated carbocycles. The van der Waals surface area contributed by atoms with E-state index in [-0.39, 0.29) is 5.82 Å². The molecule has 0 fully saturated rings. The van der Waals surface area contributed by atoms with Gasteiger partial charge in [-0.1, -0.05) is 6.07 Å². The molecule has 82 valence electrons. The largest absolute Gasteiger partial charge is 0.256 e. The van der Waals surface area contributed by atoms with Gasteiger partial charge in [-0.2, -0.15) is 0 Å². The van der Waals surface area contributed by atoms with Crippen LogP contribution < -0.4 is 0 Å². The summed E-state index contributed by atoms with van der Waals surface area (Å²) >= 11 is 0. The average Bonchev–Trinajstić information content (AvgIpc) is 2.19.